The first-order chi connectivity index (χ1) is 8.34. The lowest BCUT2D eigenvalue weighted by molar-refractivity contribution is -0.142. The van der Waals surface area contributed by atoms with Gasteiger partial charge in [0.05, 0.1) is 12.0 Å². The average Bonchev–Trinajstić information content (AvgIpc) is 2.64. The Morgan fingerprint density at radius 1 is 1.44 bits per heavy atom. The molecule has 1 aromatic carbocycles. The van der Waals surface area contributed by atoms with Gasteiger partial charge < -0.3 is 10.1 Å². The minimum Gasteiger partial charge on any atom is -0.467 e. The second kappa shape index (κ2) is 4.25. The number of carbonyl (C=O) groups is 2. The molecule has 1 heterocycles. The molecule has 1 aliphatic rings. The Bertz CT molecular complexity index is 640. The molecule has 1 unspecified atom stereocenters. The van der Waals surface area contributed by atoms with E-state index in [2.05, 4.69) is 10.1 Å². The zero-order valence-electron chi connectivity index (χ0n) is 9.14. The monoisotopic (exact) mass is 289 g/mol. The third kappa shape index (κ3) is 2.06. The van der Waals surface area contributed by atoms with Gasteiger partial charge in [-0.05, 0) is 17.7 Å². The van der Waals surface area contributed by atoms with E-state index in [9.17, 15) is 18.0 Å². The number of methoxy groups -OCH3 is 1. The van der Waals surface area contributed by atoms with Crippen molar-refractivity contribution in [3.8, 4) is 0 Å². The van der Waals surface area contributed by atoms with Gasteiger partial charge in [-0.2, -0.15) is 0 Å². The lowest BCUT2D eigenvalue weighted by atomic mass is 10.1. The average molecular weight is 290 g/mol. The summed E-state index contributed by atoms with van der Waals surface area (Å²) >= 11 is 0. The van der Waals surface area contributed by atoms with E-state index in [1.54, 1.807) is 0 Å². The van der Waals surface area contributed by atoms with E-state index >= 15 is 0 Å². The van der Waals surface area contributed by atoms with Crippen molar-refractivity contribution < 1.29 is 22.7 Å². The third-order valence-electron chi connectivity index (χ3n) is 2.57. The predicted octanol–water partition coefficient (Wildman–Crippen LogP) is 0.572. The van der Waals surface area contributed by atoms with Crippen molar-refractivity contribution in [3.63, 3.8) is 0 Å². The molecule has 0 aromatic heterocycles. The van der Waals surface area contributed by atoms with Crippen LogP contribution in [0.5, 0.6) is 0 Å². The molecule has 0 fully saturated rings. The van der Waals surface area contributed by atoms with Gasteiger partial charge in [0.25, 0.3) is 15.0 Å². The molecule has 1 atom stereocenters. The number of hydrogen-bond acceptors (Lipinski definition) is 5. The first-order valence-corrected chi connectivity index (χ1v) is 7.13. The Morgan fingerprint density at radius 2 is 2.11 bits per heavy atom. The van der Waals surface area contributed by atoms with Crippen LogP contribution >= 0.6 is 10.7 Å². The minimum absolute atomic E-state index is 0.104. The van der Waals surface area contributed by atoms with E-state index in [1.807, 2.05) is 0 Å². The molecule has 1 aromatic rings. The van der Waals surface area contributed by atoms with Gasteiger partial charge in [-0.3, -0.25) is 4.79 Å². The first kappa shape index (κ1) is 12.8. The van der Waals surface area contributed by atoms with E-state index in [1.165, 1.54) is 19.2 Å². The van der Waals surface area contributed by atoms with Gasteiger partial charge in [0.15, 0.2) is 6.04 Å². The standard InChI is InChI=1S/C10H8ClNO5S/c1-17-10(14)8-6-3-2-5(18(11,15)16)4-7(6)9(13)12-8/h2-4,8H,1H3,(H,12,13). The summed E-state index contributed by atoms with van der Waals surface area (Å²) < 4.78 is 26.8. The molecule has 8 heteroatoms. The zero-order chi connectivity index (χ0) is 13.5. The third-order valence-corrected chi connectivity index (χ3v) is 3.93. The molecule has 0 bridgehead atoms. The highest BCUT2D eigenvalue weighted by Gasteiger charge is 2.35. The van der Waals surface area contributed by atoms with Crippen LogP contribution in [0.2, 0.25) is 0 Å². The van der Waals surface area contributed by atoms with Crippen molar-refractivity contribution in [2.75, 3.05) is 7.11 Å². The molecule has 18 heavy (non-hydrogen) atoms. The normalized spacial score (nSPS) is 18.1. The second-order valence-corrected chi connectivity index (χ2v) is 6.18. The van der Waals surface area contributed by atoms with E-state index in [0.717, 1.165) is 6.07 Å². The second-order valence-electron chi connectivity index (χ2n) is 3.62. The van der Waals surface area contributed by atoms with Crippen molar-refractivity contribution in [1.82, 2.24) is 5.32 Å². The lowest BCUT2D eigenvalue weighted by Gasteiger charge is -2.08. The SMILES string of the molecule is COC(=O)C1NC(=O)c2cc(S(=O)(=O)Cl)ccc21. The molecular formula is C10H8ClNO5S. The molecule has 0 saturated carbocycles. The molecule has 0 saturated heterocycles. The summed E-state index contributed by atoms with van der Waals surface area (Å²) in [5.41, 5.74) is 0.475. The summed E-state index contributed by atoms with van der Waals surface area (Å²) in [6, 6.07) is 2.82. The number of halogens is 1. The minimum atomic E-state index is -3.92. The summed E-state index contributed by atoms with van der Waals surface area (Å²) in [7, 11) is 2.47. The number of nitrogens with one attached hydrogen (secondary N) is 1. The summed E-state index contributed by atoms with van der Waals surface area (Å²) in [5.74, 6) is -1.16. The number of rotatable bonds is 2. The smallest absolute Gasteiger partial charge is 0.333 e. The Hall–Kier alpha value is -1.60. The highest BCUT2D eigenvalue weighted by molar-refractivity contribution is 8.13. The highest BCUT2D eigenvalue weighted by Crippen LogP contribution is 2.29. The number of amides is 1. The topological polar surface area (TPSA) is 89.5 Å². The number of esters is 1. The molecule has 1 amide bonds. The van der Waals surface area contributed by atoms with E-state index in [4.69, 9.17) is 10.7 Å². The van der Waals surface area contributed by atoms with Crippen LogP contribution in [0.4, 0.5) is 0 Å². The van der Waals surface area contributed by atoms with Crippen LogP contribution in [-0.2, 0) is 18.6 Å². The van der Waals surface area contributed by atoms with Crippen molar-refractivity contribution in [1.29, 1.82) is 0 Å². The summed E-state index contributed by atoms with van der Waals surface area (Å²) in [6.07, 6.45) is 0. The predicted molar refractivity (Wildman–Crippen MR) is 61.7 cm³/mol. The maximum absolute atomic E-state index is 11.6. The molecule has 0 radical (unpaired) electrons. The molecule has 0 aliphatic carbocycles. The van der Waals surface area contributed by atoms with Gasteiger partial charge in [-0.25, -0.2) is 13.2 Å². The van der Waals surface area contributed by atoms with Gasteiger partial charge in [-0.1, -0.05) is 6.07 Å². The van der Waals surface area contributed by atoms with E-state index < -0.39 is 27.0 Å². The van der Waals surface area contributed by atoms with Crippen LogP contribution in [0.25, 0.3) is 0 Å². The Labute approximate surface area is 107 Å². The van der Waals surface area contributed by atoms with Gasteiger partial charge in [0, 0.05) is 16.2 Å². The molecular weight excluding hydrogens is 282 g/mol. The van der Waals surface area contributed by atoms with Crippen LogP contribution in [0.1, 0.15) is 22.0 Å². The Balaban J connectivity index is 2.53. The van der Waals surface area contributed by atoms with Crippen LogP contribution in [-0.4, -0.2) is 27.4 Å². The van der Waals surface area contributed by atoms with Crippen LogP contribution in [0.3, 0.4) is 0 Å². The molecule has 96 valence electrons. The number of ether oxygens (including phenoxy) is 1. The highest BCUT2D eigenvalue weighted by atomic mass is 35.7. The van der Waals surface area contributed by atoms with Crippen LogP contribution < -0.4 is 5.32 Å². The number of carbonyl (C=O) groups excluding carboxylic acids is 2. The summed E-state index contributed by atoms with van der Waals surface area (Å²) in [6.45, 7) is 0. The summed E-state index contributed by atoms with van der Waals surface area (Å²) in [4.78, 5) is 22.9. The summed E-state index contributed by atoms with van der Waals surface area (Å²) in [5, 5.41) is 2.40. The van der Waals surface area contributed by atoms with Crippen molar-refractivity contribution >= 4 is 31.6 Å². The fraction of sp³-hybridized carbons (Fsp3) is 0.200. The van der Waals surface area contributed by atoms with Gasteiger partial charge in [0.1, 0.15) is 0 Å². The molecule has 1 aliphatic heterocycles. The van der Waals surface area contributed by atoms with Crippen molar-refractivity contribution in [2.45, 2.75) is 10.9 Å². The Kier molecular flexibility index (Phi) is 3.04. The van der Waals surface area contributed by atoms with Crippen LogP contribution in [0.15, 0.2) is 23.1 Å². The number of hydrogen-bond donors (Lipinski definition) is 1. The Morgan fingerprint density at radius 3 is 2.67 bits per heavy atom. The fourth-order valence-corrected chi connectivity index (χ4v) is 2.50. The maximum atomic E-state index is 11.6. The van der Waals surface area contributed by atoms with E-state index in [0.29, 0.717) is 5.56 Å². The van der Waals surface area contributed by atoms with Crippen molar-refractivity contribution in [3.05, 3.63) is 29.3 Å². The van der Waals surface area contributed by atoms with Gasteiger partial charge >= 0.3 is 5.97 Å². The van der Waals surface area contributed by atoms with Gasteiger partial charge in [0.2, 0.25) is 0 Å². The molecule has 2 rings (SSSR count). The number of fused-ring (bicyclic) bond motifs is 1. The van der Waals surface area contributed by atoms with Crippen molar-refractivity contribution in [2.24, 2.45) is 0 Å². The zero-order valence-corrected chi connectivity index (χ0v) is 10.7. The fourth-order valence-electron chi connectivity index (χ4n) is 1.73. The van der Waals surface area contributed by atoms with E-state index in [-0.39, 0.29) is 10.5 Å². The van der Waals surface area contributed by atoms with Gasteiger partial charge in [-0.15, -0.1) is 0 Å². The quantitative estimate of drug-likeness (QED) is 0.635. The molecule has 0 spiro atoms. The largest absolute Gasteiger partial charge is 0.467 e. The number of benzene rings is 1. The maximum Gasteiger partial charge on any atom is 0.333 e. The van der Waals surface area contributed by atoms with Crippen LogP contribution in [0, 0.1) is 0 Å². The lowest BCUT2D eigenvalue weighted by Crippen LogP contribution is -2.26. The molecule has 6 nitrogen and oxygen atoms in total. The molecule has 1 N–H and O–H groups in total. The first-order valence-electron chi connectivity index (χ1n) is 4.82.